The zero-order valence-electron chi connectivity index (χ0n) is 21.5. The molecule has 0 spiro atoms. The summed E-state index contributed by atoms with van der Waals surface area (Å²) in [4.78, 5) is 43.7. The molecule has 0 aromatic heterocycles. The number of hydrogen-bond donors (Lipinski definition) is 0. The van der Waals surface area contributed by atoms with E-state index in [-0.39, 0.29) is 17.7 Å². The molecule has 1 fully saturated rings. The molecule has 4 aromatic carbocycles. The molecule has 0 bridgehead atoms. The second-order valence-corrected chi connectivity index (χ2v) is 10.5. The van der Waals surface area contributed by atoms with E-state index in [0.29, 0.717) is 23.0 Å². The van der Waals surface area contributed by atoms with Gasteiger partial charge < -0.3 is 4.74 Å². The Morgan fingerprint density at radius 3 is 2.16 bits per heavy atom. The second kappa shape index (κ2) is 10.8. The van der Waals surface area contributed by atoms with E-state index in [1.54, 1.807) is 18.1 Å². The maximum Gasteiger partial charge on any atom is 0.255 e. The van der Waals surface area contributed by atoms with Crippen molar-refractivity contribution in [3.05, 3.63) is 89.5 Å². The van der Waals surface area contributed by atoms with Gasteiger partial charge in [-0.05, 0) is 64.7 Å². The summed E-state index contributed by atoms with van der Waals surface area (Å²) >= 11 is 1.43. The molecule has 5 rings (SSSR count). The van der Waals surface area contributed by atoms with Crippen LogP contribution in [0.2, 0.25) is 0 Å². The van der Waals surface area contributed by atoms with Crippen molar-refractivity contribution >= 4 is 56.6 Å². The molecule has 1 aliphatic heterocycles. The highest BCUT2D eigenvalue weighted by Gasteiger charge is 2.31. The first-order valence-electron chi connectivity index (χ1n) is 12.5. The zero-order chi connectivity index (χ0) is 26.8. The standard InChI is InChI=1S/C31H28N2O4S/c1-19(22-6-8-24-14-21(18-34)4-5-25(24)15-22)29(35)32-31-33(12-13-38-31)30(36)20(2)23-7-9-27-17-28(37-3)11-10-26(27)16-23/h4-11,14-20H,12-13H2,1-3H3/t19-,20-/m0/s1. The SMILES string of the molecule is COc1ccc2cc([C@H](C)C(=O)N3CCSC3=NC(=O)[C@@H](C)c3ccc4cc(C=O)ccc4c3)ccc2c1. The number of rotatable bonds is 6. The van der Waals surface area contributed by atoms with Crippen molar-refractivity contribution in [1.29, 1.82) is 0 Å². The Balaban J connectivity index is 1.34. The molecular formula is C31H28N2O4S. The lowest BCUT2D eigenvalue weighted by Crippen LogP contribution is -2.35. The number of nitrogens with zero attached hydrogens (tertiary/aromatic N) is 2. The molecule has 1 heterocycles. The molecule has 2 amide bonds. The van der Waals surface area contributed by atoms with Gasteiger partial charge in [0.2, 0.25) is 5.91 Å². The minimum absolute atomic E-state index is 0.0706. The lowest BCUT2D eigenvalue weighted by molar-refractivity contribution is -0.128. The summed E-state index contributed by atoms with van der Waals surface area (Å²) in [6.45, 7) is 4.24. The number of aliphatic imine (C=N–C) groups is 1. The van der Waals surface area contributed by atoms with E-state index < -0.39 is 5.92 Å². The third-order valence-corrected chi connectivity index (χ3v) is 8.04. The molecule has 0 unspecified atom stereocenters. The van der Waals surface area contributed by atoms with Crippen LogP contribution in [-0.4, -0.2) is 47.6 Å². The molecule has 7 heteroatoms. The summed E-state index contributed by atoms with van der Waals surface area (Å²) in [6, 6.07) is 23.1. The van der Waals surface area contributed by atoms with Crippen molar-refractivity contribution < 1.29 is 19.1 Å². The molecule has 1 aliphatic rings. The van der Waals surface area contributed by atoms with Gasteiger partial charge in [0.1, 0.15) is 12.0 Å². The van der Waals surface area contributed by atoms with Gasteiger partial charge in [-0.25, -0.2) is 0 Å². The number of hydrogen-bond acceptors (Lipinski definition) is 5. The van der Waals surface area contributed by atoms with Gasteiger partial charge in [-0.1, -0.05) is 66.4 Å². The molecule has 38 heavy (non-hydrogen) atoms. The summed E-state index contributed by atoms with van der Waals surface area (Å²) in [7, 11) is 1.64. The van der Waals surface area contributed by atoms with E-state index in [4.69, 9.17) is 4.74 Å². The number of fused-ring (bicyclic) bond motifs is 2. The predicted octanol–water partition coefficient (Wildman–Crippen LogP) is 6.18. The highest BCUT2D eigenvalue weighted by Crippen LogP contribution is 2.30. The summed E-state index contributed by atoms with van der Waals surface area (Å²) < 4.78 is 5.31. The molecule has 0 aliphatic carbocycles. The van der Waals surface area contributed by atoms with E-state index >= 15 is 0 Å². The van der Waals surface area contributed by atoms with E-state index in [0.717, 1.165) is 44.7 Å². The largest absolute Gasteiger partial charge is 0.497 e. The smallest absolute Gasteiger partial charge is 0.255 e. The number of ether oxygens (including phenoxy) is 1. The number of amides is 2. The Hall–Kier alpha value is -3.97. The first kappa shape index (κ1) is 25.7. The zero-order valence-corrected chi connectivity index (χ0v) is 22.3. The van der Waals surface area contributed by atoms with Crippen molar-refractivity contribution in [3.63, 3.8) is 0 Å². The molecule has 1 saturated heterocycles. The van der Waals surface area contributed by atoms with Gasteiger partial charge in [0.25, 0.3) is 5.91 Å². The molecule has 192 valence electrons. The lowest BCUT2D eigenvalue weighted by Gasteiger charge is -2.21. The van der Waals surface area contributed by atoms with Crippen molar-refractivity contribution in [3.8, 4) is 5.75 Å². The number of aldehydes is 1. The van der Waals surface area contributed by atoms with E-state index in [1.165, 1.54) is 11.8 Å². The fourth-order valence-corrected chi connectivity index (χ4v) is 5.62. The van der Waals surface area contributed by atoms with Gasteiger partial charge in [0.15, 0.2) is 5.17 Å². The fraction of sp³-hybridized carbons (Fsp3) is 0.226. The molecule has 0 saturated carbocycles. The highest BCUT2D eigenvalue weighted by atomic mass is 32.2. The van der Waals surface area contributed by atoms with Gasteiger partial charge >= 0.3 is 0 Å². The number of benzene rings is 4. The molecule has 2 atom stereocenters. The van der Waals surface area contributed by atoms with E-state index in [9.17, 15) is 14.4 Å². The van der Waals surface area contributed by atoms with Crippen LogP contribution in [-0.2, 0) is 9.59 Å². The van der Waals surface area contributed by atoms with Gasteiger partial charge in [0, 0.05) is 17.9 Å². The Morgan fingerprint density at radius 1 is 0.868 bits per heavy atom. The van der Waals surface area contributed by atoms with Crippen LogP contribution in [0.5, 0.6) is 5.75 Å². The van der Waals surface area contributed by atoms with Crippen LogP contribution in [0.4, 0.5) is 0 Å². The third kappa shape index (κ3) is 5.07. The quantitative estimate of drug-likeness (QED) is 0.282. The number of methoxy groups -OCH3 is 1. The summed E-state index contributed by atoms with van der Waals surface area (Å²) in [6.07, 6.45) is 0.820. The van der Waals surface area contributed by atoms with Crippen LogP contribution in [0.3, 0.4) is 0 Å². The summed E-state index contributed by atoms with van der Waals surface area (Å²) in [5.74, 6) is 0.285. The van der Waals surface area contributed by atoms with Crippen LogP contribution in [0.1, 0.15) is 47.2 Å². The normalized spacial score (nSPS) is 16.1. The number of carbonyl (C=O) groups excluding carboxylic acids is 3. The van der Waals surface area contributed by atoms with Gasteiger partial charge in [-0.15, -0.1) is 0 Å². The Kier molecular flexibility index (Phi) is 7.29. The number of carbonyl (C=O) groups is 3. The predicted molar refractivity (Wildman–Crippen MR) is 153 cm³/mol. The van der Waals surface area contributed by atoms with E-state index in [2.05, 4.69) is 4.99 Å². The monoisotopic (exact) mass is 524 g/mol. The molecule has 6 nitrogen and oxygen atoms in total. The van der Waals surface area contributed by atoms with Crippen LogP contribution in [0.15, 0.2) is 77.8 Å². The maximum absolute atomic E-state index is 13.5. The van der Waals surface area contributed by atoms with Crippen molar-refractivity contribution in [1.82, 2.24) is 4.90 Å². The van der Waals surface area contributed by atoms with Crippen molar-refractivity contribution in [2.75, 3.05) is 19.4 Å². The Bertz CT molecular complexity index is 1600. The lowest BCUT2D eigenvalue weighted by atomic mass is 9.96. The average Bonchev–Trinajstić information content (AvgIpc) is 3.42. The number of thioether (sulfide) groups is 1. The second-order valence-electron chi connectivity index (χ2n) is 9.47. The first-order chi connectivity index (χ1) is 18.4. The van der Waals surface area contributed by atoms with Gasteiger partial charge in [-0.2, -0.15) is 4.99 Å². The van der Waals surface area contributed by atoms with Crippen LogP contribution in [0, 0.1) is 0 Å². The molecular weight excluding hydrogens is 496 g/mol. The number of amidine groups is 1. The van der Waals surface area contributed by atoms with Gasteiger partial charge in [0.05, 0.1) is 18.9 Å². The molecule has 0 radical (unpaired) electrons. The summed E-state index contributed by atoms with van der Waals surface area (Å²) in [5, 5.41) is 4.43. The summed E-state index contributed by atoms with van der Waals surface area (Å²) in [5.41, 5.74) is 2.37. The topological polar surface area (TPSA) is 76.0 Å². The minimum Gasteiger partial charge on any atom is -0.497 e. The first-order valence-corrected chi connectivity index (χ1v) is 13.5. The van der Waals surface area contributed by atoms with Crippen LogP contribution >= 0.6 is 11.8 Å². The Morgan fingerprint density at radius 2 is 1.47 bits per heavy atom. The molecule has 0 N–H and O–H groups in total. The van der Waals surface area contributed by atoms with E-state index in [1.807, 2.05) is 80.6 Å². The fourth-order valence-electron chi connectivity index (χ4n) is 4.67. The van der Waals surface area contributed by atoms with Crippen LogP contribution in [0.25, 0.3) is 21.5 Å². The highest BCUT2D eigenvalue weighted by molar-refractivity contribution is 8.14. The van der Waals surface area contributed by atoms with Crippen molar-refractivity contribution in [2.45, 2.75) is 25.7 Å². The van der Waals surface area contributed by atoms with Crippen molar-refractivity contribution in [2.24, 2.45) is 4.99 Å². The Labute approximate surface area is 225 Å². The third-order valence-electron chi connectivity index (χ3n) is 7.09. The van der Waals surface area contributed by atoms with Gasteiger partial charge in [-0.3, -0.25) is 19.3 Å². The minimum atomic E-state index is -0.467. The van der Waals surface area contributed by atoms with Crippen LogP contribution < -0.4 is 4.74 Å². The maximum atomic E-state index is 13.5. The molecule has 4 aromatic rings. The average molecular weight is 525 g/mol.